The first kappa shape index (κ1) is 22.1. The summed E-state index contributed by atoms with van der Waals surface area (Å²) in [4.78, 5) is 28.4. The first-order chi connectivity index (χ1) is 14.6. The van der Waals surface area contributed by atoms with Gasteiger partial charge in [-0.3, -0.25) is 0 Å². The molecule has 0 radical (unpaired) electrons. The van der Waals surface area contributed by atoms with Gasteiger partial charge in [-0.25, -0.2) is 0 Å². The van der Waals surface area contributed by atoms with Crippen molar-refractivity contribution >= 4 is 27.4 Å². The highest BCUT2D eigenvalue weighted by Crippen LogP contribution is 2.32. The van der Waals surface area contributed by atoms with Crippen molar-refractivity contribution in [3.8, 4) is 16.9 Å². The van der Waals surface area contributed by atoms with E-state index in [4.69, 9.17) is 4.52 Å². The Bertz CT molecular complexity index is 1010. The molecule has 4 aromatic rings. The van der Waals surface area contributed by atoms with Crippen LogP contribution in [0.5, 0.6) is 5.75 Å². The average molecular weight is 436 g/mol. The second kappa shape index (κ2) is 11.6. The van der Waals surface area contributed by atoms with Crippen molar-refractivity contribution < 1.29 is 19.2 Å². The molecular formula is C24H22O4P2. The minimum atomic E-state index is -2.04. The van der Waals surface area contributed by atoms with E-state index in [9.17, 15) is 14.7 Å². The van der Waals surface area contributed by atoms with Gasteiger partial charge in [0.2, 0.25) is 0 Å². The highest BCUT2D eigenvalue weighted by molar-refractivity contribution is 7.55. The van der Waals surface area contributed by atoms with Gasteiger partial charge in [-0.1, -0.05) is 84.9 Å². The summed E-state index contributed by atoms with van der Waals surface area (Å²) in [6.07, 6.45) is 0. The SMILES string of the molecule is OP(O)c1ccccc1-c1ccccc1.OP(Oc1ccccc1)c1ccccc1. The fourth-order valence-electron chi connectivity index (χ4n) is 2.70. The Morgan fingerprint density at radius 1 is 0.533 bits per heavy atom. The van der Waals surface area contributed by atoms with Crippen molar-refractivity contribution in [2.45, 2.75) is 0 Å². The number of para-hydroxylation sites is 1. The molecule has 0 heterocycles. The Hall–Kier alpha value is -2.58. The second-order valence-electron chi connectivity index (χ2n) is 6.19. The zero-order chi connectivity index (χ0) is 21.2. The molecule has 0 aliphatic heterocycles. The van der Waals surface area contributed by atoms with Crippen molar-refractivity contribution in [1.82, 2.24) is 0 Å². The van der Waals surface area contributed by atoms with Gasteiger partial charge in [0.05, 0.1) is 0 Å². The van der Waals surface area contributed by atoms with Crippen LogP contribution >= 0.6 is 16.8 Å². The number of hydrogen-bond donors (Lipinski definition) is 3. The molecule has 4 nitrogen and oxygen atoms in total. The van der Waals surface area contributed by atoms with Gasteiger partial charge in [-0.05, 0) is 41.5 Å². The van der Waals surface area contributed by atoms with E-state index in [1.165, 1.54) is 0 Å². The fraction of sp³-hybridized carbons (Fsp3) is 0. The Morgan fingerprint density at radius 3 is 1.63 bits per heavy atom. The third kappa shape index (κ3) is 6.47. The summed E-state index contributed by atoms with van der Waals surface area (Å²) in [5.41, 5.74) is 1.89. The summed E-state index contributed by atoms with van der Waals surface area (Å²) in [7, 11) is -3.59. The van der Waals surface area contributed by atoms with E-state index < -0.39 is 16.8 Å². The van der Waals surface area contributed by atoms with Gasteiger partial charge in [0.25, 0.3) is 8.38 Å². The molecule has 1 unspecified atom stereocenters. The van der Waals surface area contributed by atoms with Crippen LogP contribution in [-0.2, 0) is 0 Å². The van der Waals surface area contributed by atoms with Crippen molar-refractivity contribution in [3.05, 3.63) is 115 Å². The molecule has 1 atom stereocenters. The third-order valence-corrected chi connectivity index (χ3v) is 6.06. The lowest BCUT2D eigenvalue weighted by molar-refractivity contribution is 0.496. The summed E-state index contributed by atoms with van der Waals surface area (Å²) >= 11 is 0. The van der Waals surface area contributed by atoms with Crippen LogP contribution < -0.4 is 15.1 Å². The Labute approximate surface area is 178 Å². The zero-order valence-corrected chi connectivity index (χ0v) is 17.9. The molecular weight excluding hydrogens is 414 g/mol. The lowest BCUT2D eigenvalue weighted by Gasteiger charge is -2.11. The van der Waals surface area contributed by atoms with E-state index >= 15 is 0 Å². The minimum absolute atomic E-state index is 0.596. The molecule has 0 aromatic heterocycles. The summed E-state index contributed by atoms with van der Waals surface area (Å²) in [6.45, 7) is 0. The van der Waals surface area contributed by atoms with E-state index in [1.54, 1.807) is 6.07 Å². The molecule has 4 aromatic carbocycles. The number of benzene rings is 4. The first-order valence-electron chi connectivity index (χ1n) is 9.24. The van der Waals surface area contributed by atoms with Gasteiger partial charge in [0, 0.05) is 10.6 Å². The predicted octanol–water partition coefficient (Wildman–Crippen LogP) is 4.97. The smallest absolute Gasteiger partial charge is 0.262 e. The topological polar surface area (TPSA) is 69.9 Å². The average Bonchev–Trinajstić information content (AvgIpc) is 2.81. The van der Waals surface area contributed by atoms with E-state index in [0.717, 1.165) is 16.4 Å². The zero-order valence-electron chi connectivity index (χ0n) is 16.1. The highest BCUT2D eigenvalue weighted by Gasteiger charge is 2.10. The molecule has 0 aliphatic carbocycles. The maximum Gasteiger partial charge on any atom is 0.262 e. The Kier molecular flexibility index (Phi) is 8.53. The van der Waals surface area contributed by atoms with E-state index in [0.29, 0.717) is 11.1 Å². The maximum absolute atomic E-state index is 9.82. The Balaban J connectivity index is 0.000000171. The summed E-state index contributed by atoms with van der Waals surface area (Å²) in [5.74, 6) is 0.690. The molecule has 0 amide bonds. The molecule has 0 aliphatic rings. The van der Waals surface area contributed by atoms with Crippen molar-refractivity contribution in [2.75, 3.05) is 0 Å². The van der Waals surface area contributed by atoms with Crippen LogP contribution in [0.25, 0.3) is 11.1 Å². The molecule has 4 rings (SSSR count). The number of hydrogen-bond acceptors (Lipinski definition) is 4. The monoisotopic (exact) mass is 436 g/mol. The lowest BCUT2D eigenvalue weighted by atomic mass is 10.1. The summed E-state index contributed by atoms with van der Waals surface area (Å²) in [5, 5.41) is 1.41. The standard InChI is InChI=1S/2C12H11O2P/c13-15(12-9-5-2-6-10-12)14-11-7-3-1-4-8-11;13-15(14)12-9-5-4-8-11(12)10-6-2-1-3-7-10/h1-10,13H;1-9,13-14H. The van der Waals surface area contributed by atoms with E-state index in [2.05, 4.69) is 0 Å². The maximum atomic E-state index is 9.82. The molecule has 152 valence electrons. The summed E-state index contributed by atoms with van der Waals surface area (Å²) < 4.78 is 5.42. The largest absolute Gasteiger partial charge is 0.444 e. The van der Waals surface area contributed by atoms with Gasteiger partial charge in [0.15, 0.2) is 8.38 Å². The highest BCUT2D eigenvalue weighted by atomic mass is 31.2. The van der Waals surface area contributed by atoms with Crippen LogP contribution in [0.4, 0.5) is 0 Å². The lowest BCUT2D eigenvalue weighted by Crippen LogP contribution is -2.03. The van der Waals surface area contributed by atoms with Crippen molar-refractivity contribution in [3.63, 3.8) is 0 Å². The molecule has 0 fully saturated rings. The number of rotatable bonds is 5. The second-order valence-corrected chi connectivity index (χ2v) is 8.49. The van der Waals surface area contributed by atoms with Gasteiger partial charge in [-0.2, -0.15) is 0 Å². The normalized spacial score (nSPS) is 11.3. The molecule has 3 N–H and O–H groups in total. The fourth-order valence-corrected chi connectivity index (χ4v) is 4.19. The molecule has 0 saturated carbocycles. The quantitative estimate of drug-likeness (QED) is 0.387. The van der Waals surface area contributed by atoms with E-state index in [1.807, 2.05) is 109 Å². The minimum Gasteiger partial charge on any atom is -0.444 e. The predicted molar refractivity (Wildman–Crippen MR) is 125 cm³/mol. The summed E-state index contributed by atoms with van der Waals surface area (Å²) in [6, 6.07) is 35.8. The molecule has 0 spiro atoms. The third-order valence-electron chi connectivity index (χ3n) is 4.12. The molecule has 6 heteroatoms. The van der Waals surface area contributed by atoms with Gasteiger partial charge in [-0.15, -0.1) is 0 Å². The van der Waals surface area contributed by atoms with Crippen molar-refractivity contribution in [1.29, 1.82) is 0 Å². The first-order valence-corrected chi connectivity index (χ1v) is 11.7. The van der Waals surface area contributed by atoms with Crippen LogP contribution in [0.1, 0.15) is 0 Å². The molecule has 0 saturated heterocycles. The van der Waals surface area contributed by atoms with E-state index in [-0.39, 0.29) is 0 Å². The van der Waals surface area contributed by atoms with Crippen LogP contribution in [0, 0.1) is 0 Å². The Morgan fingerprint density at radius 2 is 1.03 bits per heavy atom. The van der Waals surface area contributed by atoms with Gasteiger partial charge in [0.1, 0.15) is 5.75 Å². The molecule has 0 bridgehead atoms. The van der Waals surface area contributed by atoms with Crippen molar-refractivity contribution in [2.24, 2.45) is 0 Å². The van der Waals surface area contributed by atoms with Crippen LogP contribution in [0.2, 0.25) is 0 Å². The van der Waals surface area contributed by atoms with Crippen LogP contribution in [-0.4, -0.2) is 14.7 Å². The van der Waals surface area contributed by atoms with Gasteiger partial charge >= 0.3 is 0 Å². The molecule has 30 heavy (non-hydrogen) atoms. The van der Waals surface area contributed by atoms with Gasteiger partial charge < -0.3 is 19.2 Å². The van der Waals surface area contributed by atoms with Crippen LogP contribution in [0.3, 0.4) is 0 Å². The van der Waals surface area contributed by atoms with Crippen LogP contribution in [0.15, 0.2) is 115 Å².